The first-order valence-corrected chi connectivity index (χ1v) is 10.5. The Balaban J connectivity index is 1.29. The molecule has 6 heteroatoms. The zero-order chi connectivity index (χ0) is 17.9. The Morgan fingerprint density at radius 2 is 1.85 bits per heavy atom. The highest BCUT2D eigenvalue weighted by Gasteiger charge is 2.32. The summed E-state index contributed by atoms with van der Waals surface area (Å²) in [6, 6.07) is 3.40. The fourth-order valence-electron chi connectivity index (χ4n) is 4.67. The normalized spacial score (nSPS) is 25.9. The molecule has 3 aliphatic rings. The Hall–Kier alpha value is -1.56. The smallest absolute Gasteiger partial charge is 0.409 e. The van der Waals surface area contributed by atoms with Gasteiger partial charge in [0.2, 0.25) is 0 Å². The molecule has 1 aliphatic carbocycles. The van der Waals surface area contributed by atoms with Crippen molar-refractivity contribution in [2.75, 3.05) is 32.8 Å². The molecule has 0 radical (unpaired) electrons. The van der Waals surface area contributed by atoms with Crippen molar-refractivity contribution in [1.29, 1.82) is 0 Å². The van der Waals surface area contributed by atoms with Crippen LogP contribution in [0.2, 0.25) is 0 Å². The lowest BCUT2D eigenvalue weighted by molar-refractivity contribution is 0.102. The van der Waals surface area contributed by atoms with E-state index in [-0.39, 0.29) is 6.09 Å². The lowest BCUT2D eigenvalue weighted by Gasteiger charge is -2.37. The van der Waals surface area contributed by atoms with Crippen molar-refractivity contribution >= 4 is 6.09 Å². The van der Waals surface area contributed by atoms with Gasteiger partial charge in [0.05, 0.1) is 12.6 Å². The number of likely N-dealkylation sites (tertiary alicyclic amines) is 2. The quantitative estimate of drug-likeness (QED) is 0.826. The van der Waals surface area contributed by atoms with Crippen molar-refractivity contribution in [2.24, 2.45) is 0 Å². The Kier molecular flexibility index (Phi) is 5.48. The number of aromatic nitrogens is 2. The molecule has 1 atom stereocenters. The Morgan fingerprint density at radius 1 is 1.08 bits per heavy atom. The third-order valence-corrected chi connectivity index (χ3v) is 6.28. The van der Waals surface area contributed by atoms with Crippen LogP contribution in [0.1, 0.15) is 69.5 Å². The highest BCUT2D eigenvalue weighted by molar-refractivity contribution is 5.67. The Bertz CT molecular complexity index is 605. The van der Waals surface area contributed by atoms with E-state index in [9.17, 15) is 4.79 Å². The number of carbonyl (C=O) groups excluding carboxylic acids is 1. The van der Waals surface area contributed by atoms with E-state index in [1.807, 2.05) is 18.0 Å². The molecule has 1 amide bonds. The second-order valence-corrected chi connectivity index (χ2v) is 8.01. The van der Waals surface area contributed by atoms with E-state index in [2.05, 4.69) is 20.7 Å². The summed E-state index contributed by atoms with van der Waals surface area (Å²) in [6.07, 6.45) is 10.2. The van der Waals surface area contributed by atoms with Crippen LogP contribution in [0.15, 0.2) is 12.3 Å². The standard InChI is InChI=1S/C20H32N4O2/c1-2-26-20(25)23-12-3-4-17(8-15-23)22-13-9-18(10-14-22)24-19(7-11-21-24)16-5-6-16/h7,11,16-18H,2-6,8-10,12-15H2,1H3. The van der Waals surface area contributed by atoms with Crippen LogP contribution in [-0.2, 0) is 4.74 Å². The number of rotatable bonds is 4. The fourth-order valence-corrected chi connectivity index (χ4v) is 4.67. The minimum absolute atomic E-state index is 0.141. The largest absolute Gasteiger partial charge is 0.450 e. The molecule has 26 heavy (non-hydrogen) atoms. The van der Waals surface area contributed by atoms with Crippen LogP contribution in [0.3, 0.4) is 0 Å². The summed E-state index contributed by atoms with van der Waals surface area (Å²) in [5, 5.41) is 4.64. The van der Waals surface area contributed by atoms with Crippen molar-refractivity contribution in [2.45, 2.75) is 69.9 Å². The third kappa shape index (κ3) is 3.90. The first kappa shape index (κ1) is 17.8. The summed E-state index contributed by atoms with van der Waals surface area (Å²) in [5.74, 6) is 0.770. The SMILES string of the molecule is CCOC(=O)N1CCCC(N2CCC(n3nccc3C3CC3)CC2)CC1. The highest BCUT2D eigenvalue weighted by atomic mass is 16.6. The van der Waals surface area contributed by atoms with Gasteiger partial charge in [-0.1, -0.05) is 0 Å². The molecule has 1 aromatic rings. The summed E-state index contributed by atoms with van der Waals surface area (Å²) >= 11 is 0. The average Bonchev–Trinajstić information content (AvgIpc) is 3.44. The van der Waals surface area contributed by atoms with Crippen molar-refractivity contribution in [1.82, 2.24) is 19.6 Å². The summed E-state index contributed by atoms with van der Waals surface area (Å²) in [4.78, 5) is 16.5. The van der Waals surface area contributed by atoms with Gasteiger partial charge in [-0.25, -0.2) is 4.79 Å². The molecule has 0 aromatic carbocycles. The number of nitrogens with zero attached hydrogens (tertiary/aromatic N) is 4. The minimum Gasteiger partial charge on any atom is -0.450 e. The summed E-state index contributed by atoms with van der Waals surface area (Å²) in [7, 11) is 0. The van der Waals surface area contributed by atoms with Gasteiger partial charge in [-0.05, 0) is 57.9 Å². The van der Waals surface area contributed by atoms with Gasteiger partial charge < -0.3 is 14.5 Å². The van der Waals surface area contributed by atoms with Gasteiger partial charge in [-0.15, -0.1) is 0 Å². The first-order valence-electron chi connectivity index (χ1n) is 10.5. The molecule has 6 nitrogen and oxygen atoms in total. The van der Waals surface area contributed by atoms with E-state index in [1.165, 1.54) is 37.8 Å². The molecule has 144 valence electrons. The highest BCUT2D eigenvalue weighted by Crippen LogP contribution is 2.41. The molecule has 1 saturated carbocycles. The predicted molar refractivity (Wildman–Crippen MR) is 100 cm³/mol. The average molecular weight is 361 g/mol. The molecule has 2 saturated heterocycles. The zero-order valence-corrected chi connectivity index (χ0v) is 16.0. The molecule has 1 unspecified atom stereocenters. The van der Waals surface area contributed by atoms with Gasteiger partial charge in [0.1, 0.15) is 0 Å². The van der Waals surface area contributed by atoms with Gasteiger partial charge >= 0.3 is 6.09 Å². The van der Waals surface area contributed by atoms with E-state index in [4.69, 9.17) is 4.74 Å². The van der Waals surface area contributed by atoms with E-state index in [0.717, 1.165) is 44.9 Å². The van der Waals surface area contributed by atoms with Crippen LogP contribution in [-0.4, -0.2) is 64.5 Å². The number of ether oxygens (including phenoxy) is 1. The maximum absolute atomic E-state index is 12.0. The molecule has 0 N–H and O–H groups in total. The Labute approximate surface area is 156 Å². The van der Waals surface area contributed by atoms with Gasteiger partial charge in [0, 0.05) is 50.0 Å². The molecular weight excluding hydrogens is 328 g/mol. The Morgan fingerprint density at radius 3 is 2.58 bits per heavy atom. The van der Waals surface area contributed by atoms with Gasteiger partial charge in [0.25, 0.3) is 0 Å². The zero-order valence-electron chi connectivity index (χ0n) is 16.0. The summed E-state index contributed by atoms with van der Waals surface area (Å²) in [6.45, 7) is 6.30. The minimum atomic E-state index is -0.141. The van der Waals surface area contributed by atoms with Crippen molar-refractivity contribution < 1.29 is 9.53 Å². The second kappa shape index (κ2) is 7.99. The number of amides is 1. The molecule has 3 fully saturated rings. The maximum atomic E-state index is 12.0. The van der Waals surface area contributed by atoms with Crippen LogP contribution in [0, 0.1) is 0 Å². The van der Waals surface area contributed by atoms with Gasteiger partial charge in [-0.2, -0.15) is 5.10 Å². The van der Waals surface area contributed by atoms with Crippen molar-refractivity contribution in [3.63, 3.8) is 0 Å². The number of carbonyl (C=O) groups is 1. The second-order valence-electron chi connectivity index (χ2n) is 8.01. The van der Waals surface area contributed by atoms with Crippen molar-refractivity contribution in [3.8, 4) is 0 Å². The van der Waals surface area contributed by atoms with Gasteiger partial charge in [0.15, 0.2) is 0 Å². The predicted octanol–water partition coefficient (Wildman–Crippen LogP) is 3.41. The molecule has 0 spiro atoms. The van der Waals surface area contributed by atoms with Crippen LogP contribution in [0.4, 0.5) is 4.79 Å². The molecule has 3 heterocycles. The van der Waals surface area contributed by atoms with Crippen LogP contribution in [0.25, 0.3) is 0 Å². The summed E-state index contributed by atoms with van der Waals surface area (Å²) < 4.78 is 7.50. The lowest BCUT2D eigenvalue weighted by Crippen LogP contribution is -2.42. The topological polar surface area (TPSA) is 50.6 Å². The van der Waals surface area contributed by atoms with E-state index < -0.39 is 0 Å². The monoisotopic (exact) mass is 360 g/mol. The molecular formula is C20H32N4O2. The number of piperidine rings is 1. The molecule has 0 bridgehead atoms. The van der Waals surface area contributed by atoms with E-state index >= 15 is 0 Å². The first-order chi connectivity index (χ1) is 12.8. The maximum Gasteiger partial charge on any atom is 0.409 e. The van der Waals surface area contributed by atoms with E-state index in [1.54, 1.807) is 0 Å². The van der Waals surface area contributed by atoms with Crippen LogP contribution >= 0.6 is 0 Å². The molecule has 1 aromatic heterocycles. The molecule has 4 rings (SSSR count). The third-order valence-electron chi connectivity index (χ3n) is 6.28. The van der Waals surface area contributed by atoms with Crippen molar-refractivity contribution in [3.05, 3.63) is 18.0 Å². The van der Waals surface area contributed by atoms with E-state index in [0.29, 0.717) is 18.7 Å². The molecule has 2 aliphatic heterocycles. The van der Waals surface area contributed by atoms with Crippen LogP contribution < -0.4 is 0 Å². The number of hydrogen-bond donors (Lipinski definition) is 0. The fraction of sp³-hybridized carbons (Fsp3) is 0.800. The lowest BCUT2D eigenvalue weighted by atomic mass is 9.99. The van der Waals surface area contributed by atoms with Gasteiger partial charge in [-0.3, -0.25) is 4.68 Å². The number of hydrogen-bond acceptors (Lipinski definition) is 4. The summed E-state index contributed by atoms with van der Waals surface area (Å²) in [5.41, 5.74) is 1.46. The van der Waals surface area contributed by atoms with Crippen LogP contribution in [0.5, 0.6) is 0 Å².